The molecule has 0 spiro atoms. The van der Waals surface area contributed by atoms with Gasteiger partial charge in [-0.05, 0) is 31.5 Å². The van der Waals surface area contributed by atoms with Crippen LogP contribution in [0.15, 0.2) is 22.5 Å². The fourth-order valence-corrected chi connectivity index (χ4v) is 3.57. The number of carbonyl (C=O) groups is 1. The van der Waals surface area contributed by atoms with E-state index in [1.807, 2.05) is 32.0 Å². The number of amides is 1. The number of ether oxygens (including phenoxy) is 1. The van der Waals surface area contributed by atoms with E-state index in [0.717, 1.165) is 15.0 Å². The van der Waals surface area contributed by atoms with Crippen molar-refractivity contribution in [2.75, 3.05) is 24.8 Å². The smallest absolute Gasteiger partial charge is 0.237 e. The fraction of sp³-hybridized carbons (Fsp3) is 0.357. The van der Waals surface area contributed by atoms with Crippen molar-refractivity contribution in [2.24, 2.45) is 0 Å². The topological polar surface area (TPSA) is 76.1 Å². The molecule has 2 aromatic rings. The zero-order valence-corrected chi connectivity index (χ0v) is 14.5. The van der Waals surface area contributed by atoms with Crippen LogP contribution in [0.2, 0.25) is 0 Å². The maximum Gasteiger partial charge on any atom is 0.237 e. The normalized spacial score (nSPS) is 11.8. The van der Waals surface area contributed by atoms with E-state index < -0.39 is 0 Å². The number of nitrogens with one attached hydrogen (secondary N) is 2. The molecule has 0 aliphatic rings. The highest BCUT2D eigenvalue weighted by Gasteiger charge is 2.18. The van der Waals surface area contributed by atoms with Crippen molar-refractivity contribution in [3.8, 4) is 5.75 Å². The van der Waals surface area contributed by atoms with Crippen molar-refractivity contribution in [1.82, 2.24) is 10.2 Å². The number of aryl methyl sites for hydroxylation is 1. The highest BCUT2D eigenvalue weighted by atomic mass is 32.2. The number of aromatic nitrogens is 2. The molecular formula is C14H18N4O2S2. The minimum absolute atomic E-state index is 0.102. The molecule has 0 saturated heterocycles. The number of carbonyl (C=O) groups excluding carboxylic acids is 1. The van der Waals surface area contributed by atoms with E-state index in [1.165, 1.54) is 23.1 Å². The molecular weight excluding hydrogens is 320 g/mol. The second-order valence-corrected chi connectivity index (χ2v) is 7.14. The Labute approximate surface area is 137 Å². The number of hydrogen-bond acceptors (Lipinski definition) is 7. The lowest BCUT2D eigenvalue weighted by Crippen LogP contribution is -2.22. The number of nitrogens with zero attached hydrogens (tertiary/aromatic N) is 2. The first-order chi connectivity index (χ1) is 10.5. The van der Waals surface area contributed by atoms with Gasteiger partial charge in [0.05, 0.1) is 18.0 Å². The standard InChI is InChI=1S/C14H18N4O2S2/c1-8-5-6-11(20-4)10(7-8)16-12(19)9(2)21-14-18-17-13(15-3)22-14/h5-7,9H,1-4H3,(H,15,17)(H,16,19)/t9-/m0/s1. The zero-order chi connectivity index (χ0) is 16.1. The van der Waals surface area contributed by atoms with Gasteiger partial charge in [-0.25, -0.2) is 0 Å². The maximum atomic E-state index is 12.3. The molecule has 0 bridgehead atoms. The number of thioether (sulfide) groups is 1. The van der Waals surface area contributed by atoms with Gasteiger partial charge < -0.3 is 15.4 Å². The first-order valence-electron chi connectivity index (χ1n) is 6.67. The lowest BCUT2D eigenvalue weighted by molar-refractivity contribution is -0.115. The lowest BCUT2D eigenvalue weighted by atomic mass is 10.2. The molecule has 0 unspecified atom stereocenters. The van der Waals surface area contributed by atoms with Gasteiger partial charge in [-0.15, -0.1) is 10.2 Å². The van der Waals surface area contributed by atoms with Crippen LogP contribution in [-0.2, 0) is 4.79 Å². The lowest BCUT2D eigenvalue weighted by Gasteiger charge is -2.13. The number of methoxy groups -OCH3 is 1. The summed E-state index contributed by atoms with van der Waals surface area (Å²) in [6, 6.07) is 5.66. The van der Waals surface area contributed by atoms with E-state index in [0.29, 0.717) is 11.4 Å². The number of hydrogen-bond donors (Lipinski definition) is 2. The van der Waals surface area contributed by atoms with Crippen LogP contribution >= 0.6 is 23.1 Å². The number of anilines is 2. The molecule has 8 heteroatoms. The molecule has 0 fully saturated rings. The van der Waals surface area contributed by atoms with Gasteiger partial charge in [-0.2, -0.15) is 0 Å². The van der Waals surface area contributed by atoms with Crippen LogP contribution in [0.1, 0.15) is 12.5 Å². The van der Waals surface area contributed by atoms with Gasteiger partial charge in [0, 0.05) is 7.05 Å². The summed E-state index contributed by atoms with van der Waals surface area (Å²) < 4.78 is 6.02. The van der Waals surface area contributed by atoms with Crippen molar-refractivity contribution < 1.29 is 9.53 Å². The quantitative estimate of drug-likeness (QED) is 0.789. The van der Waals surface area contributed by atoms with E-state index in [9.17, 15) is 4.79 Å². The molecule has 22 heavy (non-hydrogen) atoms. The van der Waals surface area contributed by atoms with Crippen LogP contribution < -0.4 is 15.4 Å². The second-order valence-electron chi connectivity index (χ2n) is 4.58. The third-order valence-corrected chi connectivity index (χ3v) is 5.00. The highest BCUT2D eigenvalue weighted by Crippen LogP contribution is 2.30. The van der Waals surface area contributed by atoms with Crippen LogP contribution in [0, 0.1) is 6.92 Å². The van der Waals surface area contributed by atoms with Gasteiger partial charge in [-0.1, -0.05) is 29.2 Å². The van der Waals surface area contributed by atoms with E-state index in [1.54, 1.807) is 14.2 Å². The van der Waals surface area contributed by atoms with E-state index >= 15 is 0 Å². The Kier molecular flexibility index (Phi) is 5.62. The van der Waals surface area contributed by atoms with Gasteiger partial charge in [0.25, 0.3) is 0 Å². The summed E-state index contributed by atoms with van der Waals surface area (Å²) in [5.41, 5.74) is 1.73. The molecule has 0 radical (unpaired) electrons. The summed E-state index contributed by atoms with van der Waals surface area (Å²) in [6.45, 7) is 3.80. The summed E-state index contributed by atoms with van der Waals surface area (Å²) in [5, 5.41) is 14.3. The molecule has 1 amide bonds. The van der Waals surface area contributed by atoms with E-state index in [2.05, 4.69) is 20.8 Å². The van der Waals surface area contributed by atoms with Gasteiger partial charge in [0.1, 0.15) is 5.75 Å². The van der Waals surface area contributed by atoms with Crippen LogP contribution in [0.3, 0.4) is 0 Å². The third-order valence-electron chi connectivity index (χ3n) is 2.88. The van der Waals surface area contributed by atoms with E-state index in [4.69, 9.17) is 4.74 Å². The average Bonchev–Trinajstić information content (AvgIpc) is 2.95. The fourth-order valence-electron chi connectivity index (χ4n) is 1.72. The van der Waals surface area contributed by atoms with Gasteiger partial charge in [-0.3, -0.25) is 4.79 Å². The average molecular weight is 338 g/mol. The molecule has 0 aliphatic heterocycles. The predicted octanol–water partition coefficient (Wildman–Crippen LogP) is 3.02. The third kappa shape index (κ3) is 4.11. The van der Waals surface area contributed by atoms with Gasteiger partial charge in [0.2, 0.25) is 11.0 Å². The van der Waals surface area contributed by atoms with Crippen molar-refractivity contribution in [3.05, 3.63) is 23.8 Å². The number of benzene rings is 1. The van der Waals surface area contributed by atoms with Crippen LogP contribution in [-0.4, -0.2) is 35.5 Å². The first kappa shape index (κ1) is 16.6. The van der Waals surface area contributed by atoms with Crippen molar-refractivity contribution >= 4 is 39.8 Å². The molecule has 1 atom stereocenters. The van der Waals surface area contributed by atoms with Crippen molar-refractivity contribution in [1.29, 1.82) is 0 Å². The summed E-state index contributed by atoms with van der Waals surface area (Å²) in [6.07, 6.45) is 0. The Morgan fingerprint density at radius 2 is 2.18 bits per heavy atom. The zero-order valence-electron chi connectivity index (χ0n) is 12.8. The second kappa shape index (κ2) is 7.46. The minimum atomic E-state index is -0.289. The molecule has 0 saturated carbocycles. The van der Waals surface area contributed by atoms with Crippen LogP contribution in [0.25, 0.3) is 0 Å². The maximum absolute atomic E-state index is 12.3. The first-order valence-corrected chi connectivity index (χ1v) is 8.36. The highest BCUT2D eigenvalue weighted by molar-refractivity contribution is 8.02. The molecule has 1 heterocycles. The Balaban J connectivity index is 2.03. The molecule has 0 aliphatic carbocycles. The van der Waals surface area contributed by atoms with Crippen LogP contribution in [0.4, 0.5) is 10.8 Å². The monoisotopic (exact) mass is 338 g/mol. The Hall–Kier alpha value is -1.80. The van der Waals surface area contributed by atoms with Gasteiger partial charge >= 0.3 is 0 Å². The minimum Gasteiger partial charge on any atom is -0.495 e. The molecule has 2 rings (SSSR count). The molecule has 2 N–H and O–H groups in total. The number of rotatable bonds is 6. The Morgan fingerprint density at radius 1 is 1.41 bits per heavy atom. The van der Waals surface area contributed by atoms with Crippen molar-refractivity contribution in [2.45, 2.75) is 23.4 Å². The molecule has 118 valence electrons. The summed E-state index contributed by atoms with van der Waals surface area (Å²) in [7, 11) is 3.37. The summed E-state index contributed by atoms with van der Waals surface area (Å²) >= 11 is 2.80. The summed E-state index contributed by atoms with van der Waals surface area (Å²) in [4.78, 5) is 12.3. The molecule has 6 nitrogen and oxygen atoms in total. The molecule has 1 aromatic heterocycles. The Bertz CT molecular complexity index is 660. The summed E-state index contributed by atoms with van der Waals surface area (Å²) in [5.74, 6) is 0.541. The Morgan fingerprint density at radius 3 is 2.82 bits per heavy atom. The van der Waals surface area contributed by atoms with Gasteiger partial charge in [0.15, 0.2) is 4.34 Å². The van der Waals surface area contributed by atoms with Crippen molar-refractivity contribution in [3.63, 3.8) is 0 Å². The van der Waals surface area contributed by atoms with E-state index in [-0.39, 0.29) is 11.2 Å². The SMILES string of the molecule is CNc1nnc(S[C@@H](C)C(=O)Nc2cc(C)ccc2OC)s1. The van der Waals surface area contributed by atoms with Crippen LogP contribution in [0.5, 0.6) is 5.75 Å². The molecule has 1 aromatic carbocycles. The largest absolute Gasteiger partial charge is 0.495 e. The predicted molar refractivity (Wildman–Crippen MR) is 91.1 cm³/mol.